The summed E-state index contributed by atoms with van der Waals surface area (Å²) in [5.41, 5.74) is 0. The molecule has 0 aromatic heterocycles. The molecule has 0 aliphatic heterocycles. The Labute approximate surface area is 120 Å². The van der Waals surface area contributed by atoms with E-state index in [4.69, 9.17) is 0 Å². The standard InChI is InChI=1S/C6H13O.C5H11O.2Li/c1-2-3-4-5-6-7;1-2-3-4-5-6;;/h2-6H2,1H3;2-5H2,1H3;;/q2*-1;2*+1. The summed E-state index contributed by atoms with van der Waals surface area (Å²) in [6.45, 7) is 4.45. The van der Waals surface area contributed by atoms with Crippen molar-refractivity contribution in [2.75, 3.05) is 13.2 Å². The van der Waals surface area contributed by atoms with Gasteiger partial charge in [-0.1, -0.05) is 58.8 Å². The van der Waals surface area contributed by atoms with Crippen LogP contribution in [-0.4, -0.2) is 13.2 Å². The van der Waals surface area contributed by atoms with Gasteiger partial charge in [0.25, 0.3) is 0 Å². The van der Waals surface area contributed by atoms with Crippen molar-refractivity contribution in [1.29, 1.82) is 0 Å². The molecule has 0 amide bonds. The second kappa shape index (κ2) is 29.4. The van der Waals surface area contributed by atoms with Gasteiger partial charge in [-0.2, -0.15) is 0 Å². The minimum Gasteiger partial charge on any atom is -0.854 e. The van der Waals surface area contributed by atoms with Crippen LogP contribution in [-0.2, 0) is 0 Å². The summed E-state index contributed by atoms with van der Waals surface area (Å²) in [4.78, 5) is 0. The van der Waals surface area contributed by atoms with Crippen LogP contribution in [0.1, 0.15) is 58.8 Å². The number of unbranched alkanes of at least 4 members (excludes halogenated alkanes) is 5. The fraction of sp³-hybridized carbons (Fsp3) is 1.00. The van der Waals surface area contributed by atoms with Crippen molar-refractivity contribution in [1.82, 2.24) is 0 Å². The first-order valence-electron chi connectivity index (χ1n) is 5.49. The van der Waals surface area contributed by atoms with E-state index in [0.29, 0.717) is 0 Å². The van der Waals surface area contributed by atoms with Crippen molar-refractivity contribution in [3.05, 3.63) is 0 Å². The Morgan fingerprint density at radius 3 is 1.20 bits per heavy atom. The molecule has 0 aliphatic rings. The predicted molar refractivity (Wildman–Crippen MR) is 53.4 cm³/mol. The van der Waals surface area contributed by atoms with E-state index < -0.39 is 0 Å². The molecule has 0 aromatic carbocycles. The first-order valence-corrected chi connectivity index (χ1v) is 5.49. The number of rotatable bonds is 7. The monoisotopic (exact) mass is 202 g/mol. The summed E-state index contributed by atoms with van der Waals surface area (Å²) < 4.78 is 0. The van der Waals surface area contributed by atoms with E-state index in [1.807, 2.05) is 0 Å². The van der Waals surface area contributed by atoms with Crippen molar-refractivity contribution in [2.45, 2.75) is 58.8 Å². The minimum absolute atomic E-state index is 0. The van der Waals surface area contributed by atoms with Gasteiger partial charge in [-0.3, -0.25) is 0 Å². The van der Waals surface area contributed by atoms with Gasteiger partial charge in [-0.25, -0.2) is 0 Å². The maximum atomic E-state index is 9.80. The normalized spacial score (nSPS) is 8.00. The van der Waals surface area contributed by atoms with Gasteiger partial charge in [0.05, 0.1) is 0 Å². The van der Waals surface area contributed by atoms with Crippen molar-refractivity contribution >= 4 is 0 Å². The van der Waals surface area contributed by atoms with Crippen LogP contribution >= 0.6 is 0 Å². The first kappa shape index (κ1) is 25.1. The Kier molecular flexibility index (Phi) is 49.2. The molecule has 0 N–H and O–H groups in total. The number of hydrogen-bond donors (Lipinski definition) is 0. The van der Waals surface area contributed by atoms with Crippen LogP contribution in [0.15, 0.2) is 0 Å². The molecule has 4 heteroatoms. The van der Waals surface area contributed by atoms with Gasteiger partial charge in [-0.15, -0.1) is 13.2 Å². The van der Waals surface area contributed by atoms with E-state index in [9.17, 15) is 10.2 Å². The molecule has 0 unspecified atom stereocenters. The Hall–Kier alpha value is 1.11. The maximum absolute atomic E-state index is 9.80. The van der Waals surface area contributed by atoms with Gasteiger partial charge in [0.15, 0.2) is 0 Å². The quantitative estimate of drug-likeness (QED) is 0.308. The SMILES string of the molecule is CCCCCC[O-].CCCCC[O-].[Li+].[Li+]. The molecular formula is C11H24Li2O2. The average Bonchev–Trinajstić information content (AvgIpc) is 2.17. The van der Waals surface area contributed by atoms with Crippen molar-refractivity contribution in [3.63, 3.8) is 0 Å². The molecule has 0 aliphatic carbocycles. The molecule has 0 rings (SSSR count). The molecule has 0 aromatic rings. The fourth-order valence-electron chi connectivity index (χ4n) is 0.881. The Bertz CT molecular complexity index is 65.6. The predicted octanol–water partition coefficient (Wildman–Crippen LogP) is -4.53. The van der Waals surface area contributed by atoms with Gasteiger partial charge in [0, 0.05) is 0 Å². The van der Waals surface area contributed by atoms with E-state index in [1.165, 1.54) is 12.8 Å². The van der Waals surface area contributed by atoms with Gasteiger partial charge in [-0.05, 0) is 0 Å². The van der Waals surface area contributed by atoms with Crippen LogP contribution in [0.5, 0.6) is 0 Å². The topological polar surface area (TPSA) is 46.1 Å². The summed E-state index contributed by atoms with van der Waals surface area (Å²) in [7, 11) is 0. The molecule has 2 nitrogen and oxygen atoms in total. The first-order chi connectivity index (χ1) is 6.33. The van der Waals surface area contributed by atoms with E-state index in [1.54, 1.807) is 0 Å². The molecule has 15 heavy (non-hydrogen) atoms. The summed E-state index contributed by atoms with van der Waals surface area (Å²) in [6.07, 6.45) is 7.55. The zero-order valence-electron chi connectivity index (χ0n) is 11.2. The van der Waals surface area contributed by atoms with E-state index in [-0.39, 0.29) is 50.9 Å². The maximum Gasteiger partial charge on any atom is 1.00 e. The van der Waals surface area contributed by atoms with Gasteiger partial charge >= 0.3 is 37.7 Å². The van der Waals surface area contributed by atoms with Crippen LogP contribution in [0.25, 0.3) is 0 Å². The molecule has 0 saturated carbocycles. The Morgan fingerprint density at radius 1 is 0.600 bits per heavy atom. The summed E-state index contributed by atoms with van der Waals surface area (Å²) in [5, 5.41) is 19.5. The van der Waals surface area contributed by atoms with Crippen LogP contribution in [0.4, 0.5) is 0 Å². The Balaban J connectivity index is -0.0000000718. The van der Waals surface area contributed by atoms with Crippen molar-refractivity contribution in [3.8, 4) is 0 Å². The van der Waals surface area contributed by atoms with Crippen LogP contribution in [0, 0.1) is 0 Å². The molecule has 0 atom stereocenters. The van der Waals surface area contributed by atoms with Gasteiger partial charge in [0.2, 0.25) is 0 Å². The van der Waals surface area contributed by atoms with Crippen LogP contribution in [0.3, 0.4) is 0 Å². The zero-order valence-corrected chi connectivity index (χ0v) is 11.2. The zero-order chi connectivity index (χ0) is 10.4. The van der Waals surface area contributed by atoms with E-state index >= 15 is 0 Å². The smallest absolute Gasteiger partial charge is 0.854 e. The fourth-order valence-corrected chi connectivity index (χ4v) is 0.881. The molecule has 0 spiro atoms. The average molecular weight is 202 g/mol. The van der Waals surface area contributed by atoms with Gasteiger partial charge < -0.3 is 10.2 Å². The second-order valence-electron chi connectivity index (χ2n) is 3.18. The largest absolute Gasteiger partial charge is 1.00 e. The summed E-state index contributed by atoms with van der Waals surface area (Å²) in [6, 6.07) is 0. The van der Waals surface area contributed by atoms with E-state index in [0.717, 1.165) is 32.1 Å². The molecule has 0 radical (unpaired) electrons. The minimum atomic E-state index is 0. The Morgan fingerprint density at radius 2 is 0.933 bits per heavy atom. The molecule has 82 valence electrons. The third-order valence-corrected chi connectivity index (χ3v) is 1.75. The molecule has 0 bridgehead atoms. The van der Waals surface area contributed by atoms with E-state index in [2.05, 4.69) is 13.8 Å². The van der Waals surface area contributed by atoms with Gasteiger partial charge in [0.1, 0.15) is 0 Å². The molecule has 0 fully saturated rings. The van der Waals surface area contributed by atoms with Crippen LogP contribution < -0.4 is 47.9 Å². The molecule has 0 heterocycles. The molecular weight excluding hydrogens is 178 g/mol. The van der Waals surface area contributed by atoms with Crippen molar-refractivity contribution in [2.24, 2.45) is 0 Å². The second-order valence-corrected chi connectivity index (χ2v) is 3.18. The summed E-state index contributed by atoms with van der Waals surface area (Å²) >= 11 is 0. The van der Waals surface area contributed by atoms with Crippen molar-refractivity contribution < 1.29 is 47.9 Å². The third-order valence-electron chi connectivity index (χ3n) is 1.75. The van der Waals surface area contributed by atoms with Crippen LogP contribution in [0.2, 0.25) is 0 Å². The molecule has 0 saturated heterocycles. The number of hydrogen-bond acceptors (Lipinski definition) is 2. The third kappa shape index (κ3) is 39.5. The summed E-state index contributed by atoms with van der Waals surface area (Å²) in [5.74, 6) is 0.